The fourth-order valence-corrected chi connectivity index (χ4v) is 3.36. The number of nitrogens with two attached hydrogens (primary N) is 1. The molecule has 0 fully saturated rings. The Morgan fingerprint density at radius 3 is 2.73 bits per heavy atom. The molecule has 8 nitrogen and oxygen atoms in total. The molecule has 3 N–H and O–H groups in total. The Morgan fingerprint density at radius 1 is 1.31 bits per heavy atom. The number of rotatable bonds is 5. The number of ether oxygens (including phenoxy) is 2. The minimum Gasteiger partial charge on any atom is -0.486 e. The van der Waals surface area contributed by atoms with Crippen LogP contribution in [0.25, 0.3) is 0 Å². The van der Waals surface area contributed by atoms with Gasteiger partial charge >= 0.3 is 0 Å². The molecule has 1 aliphatic heterocycles. The first-order valence-electron chi connectivity index (χ1n) is 7.76. The van der Waals surface area contributed by atoms with Crippen molar-refractivity contribution < 1.29 is 27.3 Å². The maximum absolute atomic E-state index is 12.3. The molecule has 138 valence electrons. The standard InChI is InChI=1S/C17H18N2O6S/c1-11-2-4-13(5-3-11)26(21,22)24-10-12-9-23-16-7-6-15(18)14(8-19-20)17(16)25-12/h2-8,12,20H,9-10,18H2,1H3/b19-8-. The van der Waals surface area contributed by atoms with Crippen LogP contribution in [0.3, 0.4) is 0 Å². The van der Waals surface area contributed by atoms with Crippen LogP contribution in [0.15, 0.2) is 46.4 Å². The zero-order chi connectivity index (χ0) is 18.7. The summed E-state index contributed by atoms with van der Waals surface area (Å²) in [6.45, 7) is 1.73. The van der Waals surface area contributed by atoms with Crippen LogP contribution < -0.4 is 15.2 Å². The highest BCUT2D eigenvalue weighted by Crippen LogP contribution is 2.37. The van der Waals surface area contributed by atoms with Gasteiger partial charge in [-0.1, -0.05) is 22.9 Å². The van der Waals surface area contributed by atoms with Gasteiger partial charge in [-0.3, -0.25) is 4.18 Å². The molecule has 0 radical (unpaired) electrons. The first-order chi connectivity index (χ1) is 12.4. The minimum atomic E-state index is -3.91. The number of hydrogen-bond donors (Lipinski definition) is 2. The smallest absolute Gasteiger partial charge is 0.297 e. The molecule has 9 heteroatoms. The first kappa shape index (κ1) is 18.0. The molecule has 3 rings (SSSR count). The quantitative estimate of drug-likeness (QED) is 0.268. The summed E-state index contributed by atoms with van der Waals surface area (Å²) in [5.74, 6) is 0.696. The summed E-state index contributed by atoms with van der Waals surface area (Å²) in [4.78, 5) is 0.0672. The average Bonchev–Trinajstić information content (AvgIpc) is 2.63. The van der Waals surface area contributed by atoms with Gasteiger partial charge in [0.25, 0.3) is 10.1 Å². The number of hydrogen-bond acceptors (Lipinski definition) is 8. The normalized spacial score (nSPS) is 16.7. The van der Waals surface area contributed by atoms with E-state index in [9.17, 15) is 8.42 Å². The van der Waals surface area contributed by atoms with Crippen LogP contribution in [0.1, 0.15) is 11.1 Å². The van der Waals surface area contributed by atoms with E-state index in [1.54, 1.807) is 24.3 Å². The van der Waals surface area contributed by atoms with E-state index in [0.717, 1.165) is 11.8 Å². The van der Waals surface area contributed by atoms with Crippen molar-refractivity contribution in [3.63, 3.8) is 0 Å². The molecule has 1 aliphatic rings. The van der Waals surface area contributed by atoms with Gasteiger partial charge < -0.3 is 20.4 Å². The van der Waals surface area contributed by atoms with Gasteiger partial charge in [-0.15, -0.1) is 0 Å². The van der Waals surface area contributed by atoms with Gasteiger partial charge in [0.1, 0.15) is 13.2 Å². The second-order valence-corrected chi connectivity index (χ2v) is 7.36. The fourth-order valence-electron chi connectivity index (χ4n) is 2.42. The van der Waals surface area contributed by atoms with E-state index in [2.05, 4.69) is 5.16 Å². The van der Waals surface area contributed by atoms with Crippen molar-refractivity contribution in [3.8, 4) is 11.5 Å². The van der Waals surface area contributed by atoms with E-state index in [1.165, 1.54) is 12.1 Å². The van der Waals surface area contributed by atoms with Crippen LogP contribution >= 0.6 is 0 Å². The third-order valence-electron chi connectivity index (χ3n) is 3.81. The zero-order valence-electron chi connectivity index (χ0n) is 14.0. The van der Waals surface area contributed by atoms with E-state index >= 15 is 0 Å². The van der Waals surface area contributed by atoms with Gasteiger partial charge in [0, 0.05) is 5.69 Å². The Kier molecular flexibility index (Phi) is 5.01. The third kappa shape index (κ3) is 3.73. The molecular weight excluding hydrogens is 360 g/mol. The minimum absolute atomic E-state index is 0.0672. The lowest BCUT2D eigenvalue weighted by molar-refractivity contribution is 0.0554. The van der Waals surface area contributed by atoms with Crippen molar-refractivity contribution >= 4 is 22.0 Å². The van der Waals surface area contributed by atoms with Gasteiger partial charge in [0.15, 0.2) is 17.6 Å². The summed E-state index contributed by atoms with van der Waals surface area (Å²) in [7, 11) is -3.91. The lowest BCUT2D eigenvalue weighted by Gasteiger charge is -2.27. The number of anilines is 1. The highest BCUT2D eigenvalue weighted by molar-refractivity contribution is 7.86. The number of nitrogens with zero attached hydrogens (tertiary/aromatic N) is 1. The second kappa shape index (κ2) is 7.22. The van der Waals surface area contributed by atoms with Crippen LogP contribution in [0.5, 0.6) is 11.5 Å². The van der Waals surface area contributed by atoms with E-state index in [0.29, 0.717) is 17.0 Å². The monoisotopic (exact) mass is 378 g/mol. The van der Waals surface area contributed by atoms with E-state index < -0.39 is 16.2 Å². The largest absolute Gasteiger partial charge is 0.486 e. The fraction of sp³-hybridized carbons (Fsp3) is 0.235. The second-order valence-electron chi connectivity index (χ2n) is 5.74. The summed E-state index contributed by atoms with van der Waals surface area (Å²) in [5, 5.41) is 11.7. The molecule has 0 saturated carbocycles. The number of aryl methyl sites for hydroxylation is 1. The van der Waals surface area contributed by atoms with Crippen molar-refractivity contribution in [2.75, 3.05) is 18.9 Å². The number of benzene rings is 2. The SMILES string of the molecule is Cc1ccc(S(=O)(=O)OCC2COc3ccc(N)c(/C=N\O)c3O2)cc1. The Bertz CT molecular complexity index is 925. The Balaban J connectivity index is 1.73. The van der Waals surface area contributed by atoms with Crippen LogP contribution in [-0.2, 0) is 14.3 Å². The zero-order valence-corrected chi connectivity index (χ0v) is 14.8. The van der Waals surface area contributed by atoms with Crippen molar-refractivity contribution in [2.45, 2.75) is 17.9 Å². The summed E-state index contributed by atoms with van der Waals surface area (Å²) >= 11 is 0. The van der Waals surface area contributed by atoms with Gasteiger partial charge in [0.05, 0.1) is 16.7 Å². The molecule has 1 atom stereocenters. The molecule has 0 aliphatic carbocycles. The van der Waals surface area contributed by atoms with Crippen LogP contribution in [0, 0.1) is 6.92 Å². The molecule has 0 amide bonds. The first-order valence-corrected chi connectivity index (χ1v) is 9.17. The number of oxime groups is 1. The van der Waals surface area contributed by atoms with Crippen molar-refractivity contribution in [3.05, 3.63) is 47.5 Å². The average molecular weight is 378 g/mol. The molecule has 0 spiro atoms. The highest BCUT2D eigenvalue weighted by Gasteiger charge is 2.27. The predicted molar refractivity (Wildman–Crippen MR) is 94.5 cm³/mol. The Hall–Kier alpha value is -2.78. The molecule has 2 aromatic carbocycles. The predicted octanol–water partition coefficient (Wildman–Crippen LogP) is 1.93. The Labute approximate surface area is 150 Å². The van der Waals surface area contributed by atoms with E-state index in [-0.39, 0.29) is 23.9 Å². The van der Waals surface area contributed by atoms with Gasteiger partial charge in [-0.05, 0) is 31.2 Å². The van der Waals surface area contributed by atoms with Crippen LogP contribution in [0.2, 0.25) is 0 Å². The molecule has 1 heterocycles. The van der Waals surface area contributed by atoms with Crippen LogP contribution in [0.4, 0.5) is 5.69 Å². The lowest BCUT2D eigenvalue weighted by atomic mass is 10.1. The molecule has 0 saturated heterocycles. The maximum atomic E-state index is 12.3. The van der Waals surface area contributed by atoms with Gasteiger partial charge in [-0.2, -0.15) is 8.42 Å². The molecule has 0 bridgehead atoms. The van der Waals surface area contributed by atoms with Crippen molar-refractivity contribution in [1.29, 1.82) is 0 Å². The number of fused-ring (bicyclic) bond motifs is 1. The van der Waals surface area contributed by atoms with Gasteiger partial charge in [-0.25, -0.2) is 0 Å². The maximum Gasteiger partial charge on any atom is 0.297 e. The van der Waals surface area contributed by atoms with Crippen molar-refractivity contribution in [2.24, 2.45) is 5.16 Å². The number of nitrogen functional groups attached to an aromatic ring is 1. The van der Waals surface area contributed by atoms with Crippen molar-refractivity contribution in [1.82, 2.24) is 0 Å². The molecule has 26 heavy (non-hydrogen) atoms. The topological polar surface area (TPSA) is 120 Å². The van der Waals surface area contributed by atoms with E-state index in [4.69, 9.17) is 24.6 Å². The molecular formula is C17H18N2O6S. The van der Waals surface area contributed by atoms with Crippen LogP contribution in [-0.4, -0.2) is 39.2 Å². The molecule has 2 aromatic rings. The summed E-state index contributed by atoms with van der Waals surface area (Å²) < 4.78 is 40.9. The molecule has 0 aromatic heterocycles. The summed E-state index contributed by atoms with van der Waals surface area (Å²) in [6.07, 6.45) is 0.458. The molecule has 1 unspecified atom stereocenters. The van der Waals surface area contributed by atoms with Gasteiger partial charge in [0.2, 0.25) is 0 Å². The lowest BCUT2D eigenvalue weighted by Crippen LogP contribution is -2.34. The highest BCUT2D eigenvalue weighted by atomic mass is 32.2. The summed E-state index contributed by atoms with van der Waals surface area (Å²) in [6, 6.07) is 9.56. The van der Waals surface area contributed by atoms with E-state index in [1.807, 2.05) is 6.92 Å². The summed E-state index contributed by atoms with van der Waals surface area (Å²) in [5.41, 5.74) is 7.46. The third-order valence-corrected chi connectivity index (χ3v) is 5.10. The Morgan fingerprint density at radius 2 is 2.04 bits per heavy atom.